The topological polar surface area (TPSA) is 96.9 Å². The first-order valence-electron chi connectivity index (χ1n) is 6.80. The molecule has 0 heterocycles. The van der Waals surface area contributed by atoms with Crippen LogP contribution in [0.2, 0.25) is 0 Å². The van der Waals surface area contributed by atoms with Crippen LogP contribution >= 0.6 is 0 Å². The molecule has 122 valence electrons. The van der Waals surface area contributed by atoms with Gasteiger partial charge in [-0.15, -0.1) is 0 Å². The van der Waals surface area contributed by atoms with Gasteiger partial charge in [0, 0.05) is 18.0 Å². The summed E-state index contributed by atoms with van der Waals surface area (Å²) in [4.78, 5) is 22.7. The Balaban J connectivity index is 2.73. The summed E-state index contributed by atoms with van der Waals surface area (Å²) >= 11 is 0. The van der Waals surface area contributed by atoms with E-state index in [0.717, 1.165) is 0 Å². The first-order chi connectivity index (χ1) is 10.3. The molecule has 1 aromatic carbocycles. The second kappa shape index (κ2) is 7.53. The Labute approximate surface area is 129 Å². The molecule has 0 aromatic heterocycles. The van der Waals surface area contributed by atoms with Gasteiger partial charge in [-0.1, -0.05) is 0 Å². The summed E-state index contributed by atoms with van der Waals surface area (Å²) in [7, 11) is 3.03. The number of anilines is 1. The lowest BCUT2D eigenvalue weighted by molar-refractivity contribution is -0.137. The Bertz CT molecular complexity index is 543. The highest BCUT2D eigenvalue weighted by Gasteiger charge is 2.22. The van der Waals surface area contributed by atoms with Crippen LogP contribution in [0.15, 0.2) is 18.2 Å². The number of hydrogen-bond acceptors (Lipinski definition) is 4. The molecule has 1 rings (SSSR count). The molecule has 2 amide bonds. The predicted octanol–water partition coefficient (Wildman–Crippen LogP) is 2.47. The van der Waals surface area contributed by atoms with Crippen LogP contribution in [0.1, 0.15) is 26.7 Å². The Hall–Kier alpha value is -2.44. The van der Waals surface area contributed by atoms with Crippen molar-refractivity contribution in [1.29, 1.82) is 0 Å². The molecule has 0 spiro atoms. The Morgan fingerprint density at radius 3 is 2.45 bits per heavy atom. The summed E-state index contributed by atoms with van der Waals surface area (Å²) in [5.74, 6) is 0.185. The third-order valence-corrected chi connectivity index (χ3v) is 3.07. The van der Waals surface area contributed by atoms with E-state index in [4.69, 9.17) is 14.6 Å². The molecule has 0 aliphatic heterocycles. The second-order valence-electron chi connectivity index (χ2n) is 5.42. The molecule has 0 bridgehead atoms. The molecule has 0 radical (unpaired) electrons. The van der Waals surface area contributed by atoms with Crippen LogP contribution in [-0.4, -0.2) is 36.9 Å². The van der Waals surface area contributed by atoms with E-state index in [1.54, 1.807) is 32.0 Å². The molecule has 0 fully saturated rings. The van der Waals surface area contributed by atoms with Crippen LogP contribution < -0.4 is 20.1 Å². The van der Waals surface area contributed by atoms with Crippen LogP contribution in [0, 0.1) is 0 Å². The average Bonchev–Trinajstić information content (AvgIpc) is 2.44. The van der Waals surface area contributed by atoms with E-state index in [9.17, 15) is 9.59 Å². The van der Waals surface area contributed by atoms with Crippen molar-refractivity contribution in [2.75, 3.05) is 19.5 Å². The van der Waals surface area contributed by atoms with Gasteiger partial charge in [0.1, 0.15) is 11.5 Å². The van der Waals surface area contributed by atoms with Crippen molar-refractivity contribution in [2.45, 2.75) is 32.2 Å². The lowest BCUT2D eigenvalue weighted by Crippen LogP contribution is -2.45. The van der Waals surface area contributed by atoms with E-state index >= 15 is 0 Å². The maximum absolute atomic E-state index is 12.1. The number of urea groups is 1. The minimum atomic E-state index is -0.898. The number of hydrogen-bond donors (Lipinski definition) is 3. The number of methoxy groups -OCH3 is 2. The SMILES string of the molecule is COc1ccc(OC)c(NC(=O)NC(C)(C)CCC(=O)O)c1. The molecule has 0 aliphatic rings. The van der Waals surface area contributed by atoms with Crippen LogP contribution in [0.3, 0.4) is 0 Å². The van der Waals surface area contributed by atoms with E-state index in [-0.39, 0.29) is 6.42 Å². The van der Waals surface area contributed by atoms with Gasteiger partial charge in [0.25, 0.3) is 0 Å². The molecule has 0 saturated carbocycles. The van der Waals surface area contributed by atoms with E-state index in [0.29, 0.717) is 23.6 Å². The number of aliphatic carboxylic acids is 1. The maximum atomic E-state index is 12.1. The predicted molar refractivity (Wildman–Crippen MR) is 82.6 cm³/mol. The highest BCUT2D eigenvalue weighted by Crippen LogP contribution is 2.28. The summed E-state index contributed by atoms with van der Waals surface area (Å²) < 4.78 is 10.3. The normalized spacial score (nSPS) is 10.7. The standard InChI is InChI=1S/C15H22N2O5/c1-15(2,8-7-13(18)19)17-14(20)16-11-9-10(21-3)5-6-12(11)22-4/h5-6,9H,7-8H2,1-4H3,(H,18,19)(H2,16,17,20). The van der Waals surface area contributed by atoms with Crippen molar-refractivity contribution in [2.24, 2.45) is 0 Å². The van der Waals surface area contributed by atoms with Crippen molar-refractivity contribution in [3.63, 3.8) is 0 Å². The Morgan fingerprint density at radius 2 is 1.91 bits per heavy atom. The van der Waals surface area contributed by atoms with Gasteiger partial charge in [0.15, 0.2) is 0 Å². The van der Waals surface area contributed by atoms with Gasteiger partial charge in [-0.25, -0.2) is 4.79 Å². The summed E-state index contributed by atoms with van der Waals surface area (Å²) in [5, 5.41) is 14.1. The molecule has 0 atom stereocenters. The zero-order valence-electron chi connectivity index (χ0n) is 13.2. The van der Waals surface area contributed by atoms with Gasteiger partial charge in [0.05, 0.1) is 19.9 Å². The summed E-state index contributed by atoms with van der Waals surface area (Å²) in [6.07, 6.45) is 0.306. The number of rotatable bonds is 7. The second-order valence-corrected chi connectivity index (χ2v) is 5.42. The fourth-order valence-corrected chi connectivity index (χ4v) is 1.85. The van der Waals surface area contributed by atoms with Crippen molar-refractivity contribution in [1.82, 2.24) is 5.32 Å². The fraction of sp³-hybridized carbons (Fsp3) is 0.467. The zero-order chi connectivity index (χ0) is 16.8. The van der Waals surface area contributed by atoms with Gasteiger partial charge in [-0.3, -0.25) is 4.79 Å². The molecule has 3 N–H and O–H groups in total. The third-order valence-electron chi connectivity index (χ3n) is 3.07. The van der Waals surface area contributed by atoms with Crippen molar-refractivity contribution in [3.8, 4) is 11.5 Å². The van der Waals surface area contributed by atoms with Crippen molar-refractivity contribution in [3.05, 3.63) is 18.2 Å². The largest absolute Gasteiger partial charge is 0.497 e. The molecule has 7 heteroatoms. The zero-order valence-corrected chi connectivity index (χ0v) is 13.2. The molecule has 0 aliphatic carbocycles. The number of carboxylic acids is 1. The maximum Gasteiger partial charge on any atom is 0.319 e. The number of nitrogens with one attached hydrogen (secondary N) is 2. The minimum absolute atomic E-state index is 0.0181. The van der Waals surface area contributed by atoms with E-state index in [1.807, 2.05) is 0 Å². The Kier molecular flexibility index (Phi) is 6.03. The first-order valence-corrected chi connectivity index (χ1v) is 6.80. The van der Waals surface area contributed by atoms with E-state index in [2.05, 4.69) is 10.6 Å². The quantitative estimate of drug-likeness (QED) is 0.719. The number of benzene rings is 1. The third kappa shape index (κ3) is 5.51. The van der Waals surface area contributed by atoms with Crippen LogP contribution in [0.5, 0.6) is 11.5 Å². The molecule has 0 unspecified atom stereocenters. The van der Waals surface area contributed by atoms with Gasteiger partial charge in [0.2, 0.25) is 0 Å². The van der Waals surface area contributed by atoms with Crippen LogP contribution in [0.25, 0.3) is 0 Å². The first kappa shape index (κ1) is 17.6. The number of carboxylic acid groups (broad SMARTS) is 1. The average molecular weight is 310 g/mol. The number of ether oxygens (including phenoxy) is 2. The molecular weight excluding hydrogens is 288 g/mol. The lowest BCUT2D eigenvalue weighted by atomic mass is 9.99. The van der Waals surface area contributed by atoms with Gasteiger partial charge >= 0.3 is 12.0 Å². The van der Waals surface area contributed by atoms with E-state index in [1.165, 1.54) is 14.2 Å². The summed E-state index contributed by atoms with van der Waals surface area (Å²) in [5.41, 5.74) is -0.178. The smallest absolute Gasteiger partial charge is 0.319 e. The minimum Gasteiger partial charge on any atom is -0.497 e. The van der Waals surface area contributed by atoms with Crippen LogP contribution in [-0.2, 0) is 4.79 Å². The molecule has 0 saturated heterocycles. The van der Waals surface area contributed by atoms with Crippen LogP contribution in [0.4, 0.5) is 10.5 Å². The van der Waals surface area contributed by atoms with Crippen molar-refractivity contribution < 1.29 is 24.2 Å². The monoisotopic (exact) mass is 310 g/mol. The summed E-state index contributed by atoms with van der Waals surface area (Å²) in [6, 6.07) is 4.60. The fourth-order valence-electron chi connectivity index (χ4n) is 1.85. The van der Waals surface area contributed by atoms with Gasteiger partial charge in [-0.2, -0.15) is 0 Å². The highest BCUT2D eigenvalue weighted by atomic mass is 16.5. The van der Waals surface area contributed by atoms with E-state index < -0.39 is 17.5 Å². The van der Waals surface area contributed by atoms with Gasteiger partial charge in [-0.05, 0) is 32.4 Å². The molecule has 1 aromatic rings. The summed E-state index contributed by atoms with van der Waals surface area (Å²) in [6.45, 7) is 3.52. The highest BCUT2D eigenvalue weighted by molar-refractivity contribution is 5.91. The number of carbonyl (C=O) groups excluding carboxylic acids is 1. The number of carbonyl (C=O) groups is 2. The van der Waals surface area contributed by atoms with Crippen molar-refractivity contribution >= 4 is 17.7 Å². The molecule has 22 heavy (non-hydrogen) atoms. The lowest BCUT2D eigenvalue weighted by Gasteiger charge is -2.26. The molecule has 7 nitrogen and oxygen atoms in total. The Morgan fingerprint density at radius 1 is 1.23 bits per heavy atom. The molecular formula is C15H22N2O5. The number of amides is 2. The van der Waals surface area contributed by atoms with Gasteiger partial charge < -0.3 is 25.2 Å².